The number of aromatic amines is 1. The molecule has 0 spiro atoms. The lowest BCUT2D eigenvalue weighted by Gasteiger charge is -2.36. The molecule has 2 aromatic carbocycles. The van der Waals surface area contributed by atoms with E-state index in [1.165, 1.54) is 22.9 Å². The largest absolute Gasteiger partial charge is 0.494 e. The Bertz CT molecular complexity index is 1280. The summed E-state index contributed by atoms with van der Waals surface area (Å²) in [6.07, 6.45) is 5.55. The number of fused-ring (bicyclic) bond motifs is 2. The molecule has 0 atom stereocenters. The fourth-order valence-electron chi connectivity index (χ4n) is 4.84. The summed E-state index contributed by atoms with van der Waals surface area (Å²) in [5.41, 5.74) is 3.91. The number of unbranched alkanes of at least 4 members (excludes halogenated alkanes) is 1. The van der Waals surface area contributed by atoms with E-state index in [1.54, 1.807) is 6.07 Å². The molecule has 6 heteroatoms. The van der Waals surface area contributed by atoms with Crippen molar-refractivity contribution in [3.63, 3.8) is 0 Å². The Morgan fingerprint density at radius 2 is 1.85 bits per heavy atom. The number of para-hydroxylation sites is 1. The molecule has 172 valence electrons. The number of anilines is 1. The number of nitrogens with zero attached hydrogens (tertiary/aromatic N) is 2. The molecule has 1 fully saturated rings. The first-order chi connectivity index (χ1) is 16.2. The van der Waals surface area contributed by atoms with Crippen LogP contribution in [0, 0.1) is 0 Å². The van der Waals surface area contributed by atoms with E-state index in [9.17, 15) is 4.79 Å². The Hall–Kier alpha value is -3.25. The molecule has 0 saturated carbocycles. The van der Waals surface area contributed by atoms with Crippen LogP contribution in [0.1, 0.15) is 25.3 Å². The molecular formula is C27H31N3O3. The number of H-pyrrole nitrogens is 1. The fourth-order valence-corrected chi connectivity index (χ4v) is 4.84. The van der Waals surface area contributed by atoms with Gasteiger partial charge >= 0.3 is 5.63 Å². The second kappa shape index (κ2) is 9.71. The van der Waals surface area contributed by atoms with Crippen LogP contribution >= 0.6 is 0 Å². The van der Waals surface area contributed by atoms with Crippen LogP contribution in [0.2, 0.25) is 0 Å². The third kappa shape index (κ3) is 4.76. The first-order valence-electron chi connectivity index (χ1n) is 11.9. The van der Waals surface area contributed by atoms with Gasteiger partial charge in [0.15, 0.2) is 0 Å². The monoisotopic (exact) mass is 445 g/mol. The zero-order valence-corrected chi connectivity index (χ0v) is 19.2. The lowest BCUT2D eigenvalue weighted by molar-refractivity contribution is 0.253. The van der Waals surface area contributed by atoms with Crippen molar-refractivity contribution in [2.24, 2.45) is 0 Å². The van der Waals surface area contributed by atoms with Crippen molar-refractivity contribution < 1.29 is 9.15 Å². The van der Waals surface area contributed by atoms with Crippen molar-refractivity contribution in [3.8, 4) is 5.75 Å². The fraction of sp³-hybridized carbons (Fsp3) is 0.370. The quantitative estimate of drug-likeness (QED) is 0.311. The number of piperazine rings is 1. The summed E-state index contributed by atoms with van der Waals surface area (Å²) in [5.74, 6) is 0.938. The normalized spacial score (nSPS) is 14.9. The molecule has 0 aliphatic carbocycles. The van der Waals surface area contributed by atoms with Crippen LogP contribution in [0.15, 0.2) is 63.9 Å². The topological polar surface area (TPSA) is 61.7 Å². The minimum Gasteiger partial charge on any atom is -0.494 e. The Morgan fingerprint density at radius 1 is 1.00 bits per heavy atom. The van der Waals surface area contributed by atoms with Crippen molar-refractivity contribution in [2.45, 2.75) is 26.2 Å². The van der Waals surface area contributed by atoms with Crippen molar-refractivity contribution >= 4 is 27.6 Å². The standard InChI is InChI=1S/C27H31N3O3/c1-2-32-21-10-11-24-23(17-21)20(19-28-24)7-5-6-12-29-13-15-30(16-14-29)25-18-27(31)33-26-9-4-3-8-22(25)26/h3-4,8-11,17-19,28H,2,5-7,12-16H2,1H3. The van der Waals surface area contributed by atoms with E-state index < -0.39 is 0 Å². The molecule has 1 aliphatic rings. The van der Waals surface area contributed by atoms with Gasteiger partial charge in [-0.1, -0.05) is 12.1 Å². The number of aromatic nitrogens is 1. The smallest absolute Gasteiger partial charge is 0.338 e. The van der Waals surface area contributed by atoms with Gasteiger partial charge in [0, 0.05) is 54.7 Å². The summed E-state index contributed by atoms with van der Waals surface area (Å²) in [6.45, 7) is 7.69. The average molecular weight is 446 g/mol. The highest BCUT2D eigenvalue weighted by atomic mass is 16.5. The van der Waals surface area contributed by atoms with E-state index in [2.05, 4.69) is 33.1 Å². The maximum absolute atomic E-state index is 12.0. The Morgan fingerprint density at radius 3 is 2.70 bits per heavy atom. The molecule has 2 aromatic heterocycles. The molecule has 0 unspecified atom stereocenters. The van der Waals surface area contributed by atoms with E-state index in [0.29, 0.717) is 12.2 Å². The van der Waals surface area contributed by atoms with Crippen molar-refractivity contribution in [1.82, 2.24) is 9.88 Å². The zero-order valence-electron chi connectivity index (χ0n) is 19.2. The van der Waals surface area contributed by atoms with Gasteiger partial charge in [0.2, 0.25) is 0 Å². The minimum absolute atomic E-state index is 0.281. The van der Waals surface area contributed by atoms with Crippen molar-refractivity contribution in [2.75, 3.05) is 44.2 Å². The van der Waals surface area contributed by atoms with Crippen LogP contribution in [0.5, 0.6) is 5.75 Å². The maximum Gasteiger partial charge on any atom is 0.338 e. The van der Waals surface area contributed by atoms with Gasteiger partial charge in [0.1, 0.15) is 11.3 Å². The van der Waals surface area contributed by atoms with Gasteiger partial charge < -0.3 is 19.0 Å². The highest BCUT2D eigenvalue weighted by Gasteiger charge is 2.19. The van der Waals surface area contributed by atoms with Gasteiger partial charge in [0.05, 0.1) is 12.3 Å². The summed E-state index contributed by atoms with van der Waals surface area (Å²) >= 11 is 0. The Kier molecular flexibility index (Phi) is 6.35. The number of aryl methyl sites for hydroxylation is 1. The third-order valence-electron chi connectivity index (χ3n) is 6.56. The molecule has 0 bridgehead atoms. The first-order valence-corrected chi connectivity index (χ1v) is 11.9. The van der Waals surface area contributed by atoms with Crippen LogP contribution in [-0.4, -0.2) is 49.2 Å². The maximum atomic E-state index is 12.0. The summed E-state index contributed by atoms with van der Waals surface area (Å²) in [5, 5.41) is 2.28. The average Bonchev–Trinajstić information content (AvgIpc) is 3.24. The lowest BCUT2D eigenvalue weighted by Crippen LogP contribution is -2.46. The number of benzene rings is 2. The summed E-state index contributed by atoms with van der Waals surface area (Å²) in [4.78, 5) is 20.2. The van der Waals surface area contributed by atoms with E-state index in [-0.39, 0.29) is 5.63 Å². The lowest BCUT2D eigenvalue weighted by atomic mass is 10.1. The predicted octanol–water partition coefficient (Wildman–Crippen LogP) is 4.82. The molecular weight excluding hydrogens is 414 g/mol. The molecule has 33 heavy (non-hydrogen) atoms. The summed E-state index contributed by atoms with van der Waals surface area (Å²) in [6, 6.07) is 15.7. The molecule has 6 nitrogen and oxygen atoms in total. The second-order valence-corrected chi connectivity index (χ2v) is 8.69. The van der Waals surface area contributed by atoms with Crippen LogP contribution in [0.3, 0.4) is 0 Å². The van der Waals surface area contributed by atoms with Gasteiger partial charge in [-0.3, -0.25) is 4.90 Å². The highest BCUT2D eigenvalue weighted by molar-refractivity contribution is 5.90. The SMILES string of the molecule is CCOc1ccc2[nH]cc(CCCCN3CCN(c4cc(=O)oc5ccccc45)CC3)c2c1. The third-order valence-corrected chi connectivity index (χ3v) is 6.56. The molecule has 1 saturated heterocycles. The molecule has 5 rings (SSSR count). The molecule has 0 radical (unpaired) electrons. The van der Waals surface area contributed by atoms with Gasteiger partial charge in [-0.2, -0.15) is 0 Å². The predicted molar refractivity (Wildman–Crippen MR) is 134 cm³/mol. The second-order valence-electron chi connectivity index (χ2n) is 8.69. The van der Waals surface area contributed by atoms with Crippen molar-refractivity contribution in [3.05, 3.63) is 70.7 Å². The number of nitrogens with one attached hydrogen (secondary N) is 1. The number of hydrogen-bond donors (Lipinski definition) is 1. The molecule has 4 aromatic rings. The molecule has 0 amide bonds. The Labute approximate surface area is 193 Å². The van der Waals surface area contributed by atoms with Crippen LogP contribution < -0.4 is 15.3 Å². The van der Waals surface area contributed by atoms with Crippen molar-refractivity contribution in [1.29, 1.82) is 0 Å². The molecule has 1 N–H and O–H groups in total. The summed E-state index contributed by atoms with van der Waals surface area (Å²) < 4.78 is 11.0. The van der Waals surface area contributed by atoms with Crippen LogP contribution in [-0.2, 0) is 6.42 Å². The minimum atomic E-state index is -0.281. The van der Waals surface area contributed by atoms with Crippen LogP contribution in [0.4, 0.5) is 5.69 Å². The molecule has 3 heterocycles. The number of ether oxygens (including phenoxy) is 1. The van der Waals surface area contributed by atoms with Gasteiger partial charge in [-0.25, -0.2) is 4.79 Å². The van der Waals surface area contributed by atoms with E-state index in [1.807, 2.05) is 37.3 Å². The van der Waals surface area contributed by atoms with Gasteiger partial charge in [-0.05, 0) is 68.6 Å². The van der Waals surface area contributed by atoms with Crippen LogP contribution in [0.25, 0.3) is 21.9 Å². The summed E-state index contributed by atoms with van der Waals surface area (Å²) in [7, 11) is 0. The first kappa shape index (κ1) is 21.6. The Balaban J connectivity index is 1.13. The van der Waals surface area contributed by atoms with E-state index in [4.69, 9.17) is 9.15 Å². The zero-order chi connectivity index (χ0) is 22.6. The van der Waals surface area contributed by atoms with E-state index >= 15 is 0 Å². The highest BCUT2D eigenvalue weighted by Crippen LogP contribution is 2.27. The van der Waals surface area contributed by atoms with Gasteiger partial charge in [-0.15, -0.1) is 0 Å². The van der Waals surface area contributed by atoms with E-state index in [0.717, 1.165) is 62.4 Å². The number of hydrogen-bond acceptors (Lipinski definition) is 5. The molecule has 1 aliphatic heterocycles. The van der Waals surface area contributed by atoms with Gasteiger partial charge in [0.25, 0.3) is 0 Å². The number of rotatable bonds is 8.